The molecule has 0 aliphatic carbocycles. The summed E-state index contributed by atoms with van der Waals surface area (Å²) in [5.41, 5.74) is 0.711. The molecule has 0 saturated carbocycles. The number of nitrogens with one attached hydrogen (secondary N) is 1. The van der Waals surface area contributed by atoms with Gasteiger partial charge in [-0.15, -0.1) is 0 Å². The Bertz CT molecular complexity index is 336. The fraction of sp³-hybridized carbons (Fsp3) is 0.375. The third-order valence-electron chi connectivity index (χ3n) is 1.42. The van der Waals surface area contributed by atoms with Gasteiger partial charge >= 0.3 is 0 Å². The minimum atomic E-state index is -0.287. The van der Waals surface area contributed by atoms with Crippen LogP contribution in [0.4, 0.5) is 5.95 Å². The van der Waals surface area contributed by atoms with E-state index in [0.29, 0.717) is 10.8 Å². The van der Waals surface area contributed by atoms with Crippen LogP contribution >= 0.6 is 27.5 Å². The molecule has 1 atom stereocenters. The molecule has 1 aromatic rings. The molecule has 6 heteroatoms. The number of halogens is 2. The molecule has 0 aromatic carbocycles. The van der Waals surface area contributed by atoms with Crippen molar-refractivity contribution in [2.24, 2.45) is 0 Å². The third-order valence-corrected chi connectivity index (χ3v) is 2.03. The number of hydrogen-bond acceptors (Lipinski definition) is 3. The van der Waals surface area contributed by atoms with E-state index in [1.54, 1.807) is 19.9 Å². The van der Waals surface area contributed by atoms with Gasteiger partial charge in [-0.05, 0) is 19.9 Å². The molecule has 0 aliphatic rings. The summed E-state index contributed by atoms with van der Waals surface area (Å²) in [5.74, 6) is 0.0259. The highest BCUT2D eigenvalue weighted by molar-refractivity contribution is 9.10. The van der Waals surface area contributed by atoms with Gasteiger partial charge in [-0.2, -0.15) is 0 Å². The Morgan fingerprint density at radius 2 is 2.29 bits per heavy atom. The zero-order valence-electron chi connectivity index (χ0n) is 7.71. The highest BCUT2D eigenvalue weighted by Crippen LogP contribution is 2.10. The van der Waals surface area contributed by atoms with E-state index < -0.39 is 0 Å². The lowest BCUT2D eigenvalue weighted by Gasteiger charge is -2.05. The second-order valence-corrected chi connectivity index (χ2v) is 4.52. The topological polar surface area (TPSA) is 54.9 Å². The van der Waals surface area contributed by atoms with Crippen molar-refractivity contribution in [1.29, 1.82) is 0 Å². The molecule has 0 radical (unpaired) electrons. The normalized spacial score (nSPS) is 12.3. The Hall–Kier alpha value is -0.680. The summed E-state index contributed by atoms with van der Waals surface area (Å²) in [4.78, 5) is 18.8. The first-order valence-corrected chi connectivity index (χ1v) is 5.24. The molecule has 1 amide bonds. The first-order chi connectivity index (χ1) is 6.49. The molecule has 1 rings (SSSR count). The average Bonchev–Trinajstić information content (AvgIpc) is 2.01. The van der Waals surface area contributed by atoms with Crippen LogP contribution in [0.1, 0.15) is 12.6 Å². The van der Waals surface area contributed by atoms with Gasteiger partial charge in [0.25, 0.3) is 0 Å². The van der Waals surface area contributed by atoms with Crippen molar-refractivity contribution in [2.45, 2.75) is 18.7 Å². The number of anilines is 1. The Labute approximate surface area is 95.2 Å². The van der Waals surface area contributed by atoms with Gasteiger partial charge < -0.3 is 0 Å². The standard InChI is InChI=1S/C8H9BrClN3O/c1-4-3-6(10)12-8(11-4)13-7(14)5(2)9/h3,5H,1-2H3,(H,11,12,13,14). The fourth-order valence-electron chi connectivity index (χ4n) is 0.796. The van der Waals surface area contributed by atoms with Crippen molar-refractivity contribution in [3.05, 3.63) is 16.9 Å². The van der Waals surface area contributed by atoms with Gasteiger partial charge in [0.15, 0.2) is 0 Å². The van der Waals surface area contributed by atoms with Gasteiger partial charge in [-0.3, -0.25) is 10.1 Å². The van der Waals surface area contributed by atoms with Gasteiger partial charge in [0.2, 0.25) is 11.9 Å². The largest absolute Gasteiger partial charge is 0.294 e. The molecular weight excluding hydrogens is 269 g/mol. The summed E-state index contributed by atoms with van der Waals surface area (Å²) >= 11 is 8.83. The van der Waals surface area contributed by atoms with Gasteiger partial charge in [0.1, 0.15) is 5.15 Å². The lowest BCUT2D eigenvalue weighted by molar-refractivity contribution is -0.115. The van der Waals surface area contributed by atoms with Crippen molar-refractivity contribution in [3.63, 3.8) is 0 Å². The monoisotopic (exact) mass is 277 g/mol. The summed E-state index contributed by atoms with van der Waals surface area (Å²) in [5, 5.41) is 2.85. The summed E-state index contributed by atoms with van der Waals surface area (Å²) in [6.07, 6.45) is 0. The number of aromatic nitrogens is 2. The number of carbonyl (C=O) groups is 1. The molecule has 1 aromatic heterocycles. The van der Waals surface area contributed by atoms with Crippen LogP contribution in [0.3, 0.4) is 0 Å². The number of rotatable bonds is 2. The van der Waals surface area contributed by atoms with Crippen LogP contribution in [0.2, 0.25) is 5.15 Å². The second-order valence-electron chi connectivity index (χ2n) is 2.76. The zero-order valence-corrected chi connectivity index (χ0v) is 10.1. The molecule has 0 bridgehead atoms. The molecule has 1 unspecified atom stereocenters. The maximum atomic E-state index is 11.3. The fourth-order valence-corrected chi connectivity index (χ4v) is 1.15. The number of aryl methyl sites for hydroxylation is 1. The predicted molar refractivity (Wildman–Crippen MR) is 58.8 cm³/mol. The van der Waals surface area contributed by atoms with Crippen LogP contribution in [-0.2, 0) is 4.79 Å². The predicted octanol–water partition coefficient (Wildman–Crippen LogP) is 2.16. The molecule has 76 valence electrons. The molecule has 0 aliphatic heterocycles. The highest BCUT2D eigenvalue weighted by Gasteiger charge is 2.10. The van der Waals surface area contributed by atoms with Gasteiger partial charge in [0.05, 0.1) is 4.83 Å². The molecule has 0 saturated heterocycles. The number of carbonyl (C=O) groups excluding carboxylic acids is 1. The van der Waals surface area contributed by atoms with Crippen LogP contribution < -0.4 is 5.32 Å². The minimum absolute atomic E-state index is 0.202. The summed E-state index contributed by atoms with van der Waals surface area (Å²) < 4.78 is 0. The van der Waals surface area contributed by atoms with Gasteiger partial charge in [-0.1, -0.05) is 27.5 Å². The van der Waals surface area contributed by atoms with E-state index in [2.05, 4.69) is 31.2 Å². The van der Waals surface area contributed by atoms with E-state index in [1.165, 1.54) is 0 Å². The van der Waals surface area contributed by atoms with Crippen LogP contribution in [0.25, 0.3) is 0 Å². The van der Waals surface area contributed by atoms with E-state index >= 15 is 0 Å². The Kier molecular flexibility index (Phi) is 3.83. The van der Waals surface area contributed by atoms with Crippen molar-refractivity contribution >= 4 is 39.4 Å². The maximum absolute atomic E-state index is 11.3. The molecule has 0 spiro atoms. The van der Waals surface area contributed by atoms with E-state index in [0.717, 1.165) is 0 Å². The van der Waals surface area contributed by atoms with Crippen molar-refractivity contribution in [3.8, 4) is 0 Å². The third kappa shape index (κ3) is 3.23. The van der Waals surface area contributed by atoms with Crippen LogP contribution in [-0.4, -0.2) is 20.7 Å². The van der Waals surface area contributed by atoms with Crippen molar-refractivity contribution < 1.29 is 4.79 Å². The lowest BCUT2D eigenvalue weighted by atomic mass is 10.4. The molecular formula is C8H9BrClN3O. The Morgan fingerprint density at radius 3 is 2.79 bits per heavy atom. The quantitative estimate of drug-likeness (QED) is 0.666. The van der Waals surface area contributed by atoms with Gasteiger partial charge in [0, 0.05) is 5.69 Å². The molecule has 14 heavy (non-hydrogen) atoms. The molecule has 4 nitrogen and oxygen atoms in total. The smallest absolute Gasteiger partial charge is 0.240 e. The summed E-state index contributed by atoms with van der Waals surface area (Å²) in [6.45, 7) is 3.49. The van der Waals surface area contributed by atoms with Crippen LogP contribution in [0.5, 0.6) is 0 Å². The first kappa shape index (κ1) is 11.4. The molecule has 1 heterocycles. The average molecular weight is 279 g/mol. The van der Waals surface area contributed by atoms with E-state index in [-0.39, 0.29) is 16.7 Å². The Morgan fingerprint density at radius 1 is 1.64 bits per heavy atom. The number of nitrogens with zero attached hydrogens (tertiary/aromatic N) is 2. The van der Waals surface area contributed by atoms with Crippen molar-refractivity contribution in [2.75, 3.05) is 5.32 Å². The van der Waals surface area contributed by atoms with Crippen molar-refractivity contribution in [1.82, 2.24) is 9.97 Å². The van der Waals surface area contributed by atoms with E-state index in [4.69, 9.17) is 11.6 Å². The maximum Gasteiger partial charge on any atom is 0.240 e. The summed E-state index contributed by atoms with van der Waals surface area (Å²) in [7, 11) is 0. The van der Waals surface area contributed by atoms with Crippen LogP contribution in [0.15, 0.2) is 6.07 Å². The first-order valence-electron chi connectivity index (χ1n) is 3.95. The Balaban J connectivity index is 2.82. The number of hydrogen-bond donors (Lipinski definition) is 1. The SMILES string of the molecule is Cc1cc(Cl)nc(NC(=O)C(C)Br)n1. The van der Waals surface area contributed by atoms with E-state index in [9.17, 15) is 4.79 Å². The highest BCUT2D eigenvalue weighted by atomic mass is 79.9. The molecule has 1 N–H and O–H groups in total. The second kappa shape index (κ2) is 4.70. The lowest BCUT2D eigenvalue weighted by Crippen LogP contribution is -2.21. The van der Waals surface area contributed by atoms with E-state index in [1.807, 2.05) is 0 Å². The van der Waals surface area contributed by atoms with Crippen LogP contribution in [0, 0.1) is 6.92 Å². The number of amides is 1. The molecule has 0 fully saturated rings. The van der Waals surface area contributed by atoms with Gasteiger partial charge in [-0.25, -0.2) is 9.97 Å². The zero-order chi connectivity index (χ0) is 10.7. The number of alkyl halides is 1. The summed E-state index contributed by atoms with van der Waals surface area (Å²) in [6, 6.07) is 1.62. The minimum Gasteiger partial charge on any atom is -0.294 e.